The molecule has 0 aliphatic carbocycles. The van der Waals surface area contributed by atoms with Crippen LogP contribution in [0.2, 0.25) is 0 Å². The summed E-state index contributed by atoms with van der Waals surface area (Å²) in [7, 11) is 0. The summed E-state index contributed by atoms with van der Waals surface area (Å²) in [5.41, 5.74) is 2.54. The van der Waals surface area contributed by atoms with Gasteiger partial charge in [-0.15, -0.1) is 0 Å². The molecule has 0 radical (unpaired) electrons. The number of allylic oxidation sites excluding steroid dienone is 1. The monoisotopic (exact) mass is 248 g/mol. The number of amidine groups is 1. The van der Waals surface area contributed by atoms with Crippen LogP contribution in [0.5, 0.6) is 0 Å². The number of hydrogen-bond acceptors (Lipinski definition) is 2. The lowest BCUT2D eigenvalue weighted by molar-refractivity contribution is 0.0997. The molecule has 0 fully saturated rings. The summed E-state index contributed by atoms with van der Waals surface area (Å²) in [4.78, 5) is 7.94. The maximum atomic E-state index is 13.1. The molecule has 0 saturated heterocycles. The van der Waals surface area contributed by atoms with Crippen molar-refractivity contribution < 1.29 is 8.78 Å². The van der Waals surface area contributed by atoms with Gasteiger partial charge in [-0.3, -0.25) is 4.99 Å². The Kier molecular flexibility index (Phi) is 3.11. The average Bonchev–Trinajstić information content (AvgIpc) is 2.78. The molecule has 1 aliphatic heterocycles. The minimum atomic E-state index is -2.90. The van der Waals surface area contributed by atoms with Gasteiger partial charge in [0.2, 0.25) is 0 Å². The van der Waals surface area contributed by atoms with Crippen molar-refractivity contribution >= 4 is 17.1 Å². The molecule has 0 N–H and O–H groups in total. The third-order valence-electron chi connectivity index (χ3n) is 2.76. The van der Waals surface area contributed by atoms with E-state index < -0.39 is 5.92 Å². The fourth-order valence-corrected chi connectivity index (χ4v) is 1.64. The summed E-state index contributed by atoms with van der Waals surface area (Å²) in [6, 6.07) is 7.42. The van der Waals surface area contributed by atoms with E-state index in [1.807, 2.05) is 31.2 Å². The number of benzene rings is 1. The zero-order valence-electron chi connectivity index (χ0n) is 10.4. The second-order valence-corrected chi connectivity index (χ2v) is 4.44. The van der Waals surface area contributed by atoms with Crippen LogP contribution in [0.4, 0.5) is 8.78 Å². The molecule has 2 rings (SSSR count). The second kappa shape index (κ2) is 4.44. The standard InChI is InChI=1S/C14H14F2N2/c1-9(2)10-4-6-11(7-5-10)13-17-8-12(18-13)14(3,15)16/h4-7H,1,8H2,2-3H3. The number of aliphatic imine (C=N–C) groups is 2. The van der Waals surface area contributed by atoms with E-state index in [2.05, 4.69) is 16.6 Å². The van der Waals surface area contributed by atoms with E-state index >= 15 is 0 Å². The first-order valence-electron chi connectivity index (χ1n) is 5.64. The highest BCUT2D eigenvalue weighted by Crippen LogP contribution is 2.20. The van der Waals surface area contributed by atoms with E-state index in [0.717, 1.165) is 23.6 Å². The highest BCUT2D eigenvalue weighted by Gasteiger charge is 2.32. The highest BCUT2D eigenvalue weighted by atomic mass is 19.3. The van der Waals surface area contributed by atoms with Crippen LogP contribution < -0.4 is 0 Å². The fourth-order valence-electron chi connectivity index (χ4n) is 1.64. The predicted molar refractivity (Wildman–Crippen MR) is 70.6 cm³/mol. The molecule has 0 saturated carbocycles. The summed E-state index contributed by atoms with van der Waals surface area (Å²) >= 11 is 0. The Morgan fingerprint density at radius 1 is 1.28 bits per heavy atom. The summed E-state index contributed by atoms with van der Waals surface area (Å²) in [5.74, 6) is -2.53. The molecule has 0 aromatic heterocycles. The fraction of sp³-hybridized carbons (Fsp3) is 0.286. The first-order chi connectivity index (χ1) is 8.38. The van der Waals surface area contributed by atoms with Crippen LogP contribution in [0.1, 0.15) is 25.0 Å². The van der Waals surface area contributed by atoms with Gasteiger partial charge < -0.3 is 0 Å². The van der Waals surface area contributed by atoms with Crippen LogP contribution >= 0.6 is 0 Å². The molecule has 1 aromatic carbocycles. The molecule has 0 bridgehead atoms. The number of halogens is 2. The lowest BCUT2D eigenvalue weighted by atomic mass is 10.1. The Labute approximate surface area is 105 Å². The van der Waals surface area contributed by atoms with Gasteiger partial charge in [0.15, 0.2) is 5.84 Å². The summed E-state index contributed by atoms with van der Waals surface area (Å²) in [5, 5.41) is 0. The third kappa shape index (κ3) is 2.53. The summed E-state index contributed by atoms with van der Waals surface area (Å²) in [6.45, 7) is 6.57. The van der Waals surface area contributed by atoms with Crippen LogP contribution in [-0.2, 0) is 0 Å². The van der Waals surface area contributed by atoms with Gasteiger partial charge in [0.1, 0.15) is 5.71 Å². The molecule has 18 heavy (non-hydrogen) atoms. The Balaban J connectivity index is 2.24. The largest absolute Gasteiger partial charge is 0.285 e. The van der Waals surface area contributed by atoms with Gasteiger partial charge in [-0.05, 0) is 12.5 Å². The summed E-state index contributed by atoms with van der Waals surface area (Å²) in [6.07, 6.45) is 0. The highest BCUT2D eigenvalue weighted by molar-refractivity contribution is 6.13. The first kappa shape index (κ1) is 12.6. The minimum absolute atomic E-state index is 0.0267. The molecule has 1 heterocycles. The normalized spacial score (nSPS) is 15.3. The zero-order chi connectivity index (χ0) is 13.3. The van der Waals surface area contributed by atoms with Gasteiger partial charge in [0.25, 0.3) is 5.92 Å². The number of hydrogen-bond donors (Lipinski definition) is 0. The SMILES string of the molecule is C=C(C)c1ccc(C2=NCC(C(C)(F)F)=N2)cc1. The number of alkyl halides is 2. The van der Waals surface area contributed by atoms with Crippen LogP contribution in [0.15, 0.2) is 40.8 Å². The molecule has 1 aromatic rings. The Morgan fingerprint density at radius 2 is 1.89 bits per heavy atom. The maximum absolute atomic E-state index is 13.1. The Hall–Kier alpha value is -1.84. The van der Waals surface area contributed by atoms with Crippen molar-refractivity contribution in [2.75, 3.05) is 6.54 Å². The maximum Gasteiger partial charge on any atom is 0.285 e. The van der Waals surface area contributed by atoms with E-state index in [-0.39, 0.29) is 12.3 Å². The van der Waals surface area contributed by atoms with Gasteiger partial charge in [0, 0.05) is 12.5 Å². The van der Waals surface area contributed by atoms with E-state index in [1.54, 1.807) is 0 Å². The lowest BCUT2D eigenvalue weighted by Gasteiger charge is -2.07. The third-order valence-corrected chi connectivity index (χ3v) is 2.76. The van der Waals surface area contributed by atoms with Gasteiger partial charge in [-0.1, -0.05) is 36.4 Å². The van der Waals surface area contributed by atoms with E-state index in [0.29, 0.717) is 5.84 Å². The average molecular weight is 248 g/mol. The van der Waals surface area contributed by atoms with Gasteiger partial charge in [-0.25, -0.2) is 13.8 Å². The van der Waals surface area contributed by atoms with E-state index in [9.17, 15) is 8.78 Å². The Bertz CT molecular complexity index is 534. The molecule has 0 atom stereocenters. The molecule has 1 aliphatic rings. The molecule has 4 heteroatoms. The van der Waals surface area contributed by atoms with Crippen LogP contribution in [-0.4, -0.2) is 24.0 Å². The molecule has 94 valence electrons. The van der Waals surface area contributed by atoms with Gasteiger partial charge in [0.05, 0.1) is 6.54 Å². The zero-order valence-corrected chi connectivity index (χ0v) is 10.4. The summed E-state index contributed by atoms with van der Waals surface area (Å²) < 4.78 is 26.1. The van der Waals surface area contributed by atoms with Crippen molar-refractivity contribution in [1.82, 2.24) is 0 Å². The minimum Gasteiger partial charge on any atom is -0.260 e. The number of nitrogens with zero attached hydrogens (tertiary/aromatic N) is 2. The van der Waals surface area contributed by atoms with Crippen molar-refractivity contribution in [3.8, 4) is 0 Å². The molecule has 0 amide bonds. The van der Waals surface area contributed by atoms with Crippen LogP contribution in [0.3, 0.4) is 0 Å². The molecular formula is C14H14F2N2. The van der Waals surface area contributed by atoms with Crippen molar-refractivity contribution in [3.05, 3.63) is 42.0 Å². The first-order valence-corrected chi connectivity index (χ1v) is 5.64. The van der Waals surface area contributed by atoms with E-state index in [1.165, 1.54) is 0 Å². The van der Waals surface area contributed by atoms with Crippen molar-refractivity contribution in [1.29, 1.82) is 0 Å². The van der Waals surface area contributed by atoms with Crippen LogP contribution in [0, 0.1) is 0 Å². The van der Waals surface area contributed by atoms with Crippen molar-refractivity contribution in [3.63, 3.8) is 0 Å². The second-order valence-electron chi connectivity index (χ2n) is 4.44. The molecular weight excluding hydrogens is 234 g/mol. The van der Waals surface area contributed by atoms with E-state index in [4.69, 9.17) is 0 Å². The van der Waals surface area contributed by atoms with Crippen molar-refractivity contribution in [2.24, 2.45) is 9.98 Å². The van der Waals surface area contributed by atoms with Crippen LogP contribution in [0.25, 0.3) is 5.57 Å². The predicted octanol–water partition coefficient (Wildman–Crippen LogP) is 3.58. The lowest BCUT2D eigenvalue weighted by Crippen LogP contribution is -2.25. The molecule has 0 spiro atoms. The van der Waals surface area contributed by atoms with Gasteiger partial charge in [-0.2, -0.15) is 0 Å². The Morgan fingerprint density at radius 3 is 2.33 bits per heavy atom. The smallest absolute Gasteiger partial charge is 0.260 e. The number of rotatable bonds is 3. The quantitative estimate of drug-likeness (QED) is 0.781. The molecule has 0 unspecified atom stereocenters. The molecule has 2 nitrogen and oxygen atoms in total. The van der Waals surface area contributed by atoms with Crippen molar-refractivity contribution in [2.45, 2.75) is 19.8 Å². The van der Waals surface area contributed by atoms with Gasteiger partial charge >= 0.3 is 0 Å². The topological polar surface area (TPSA) is 24.7 Å².